The van der Waals surface area contributed by atoms with Gasteiger partial charge in [0.1, 0.15) is 40.4 Å². The Morgan fingerprint density at radius 2 is 1.26 bits per heavy atom. The van der Waals surface area contributed by atoms with E-state index >= 15 is 0 Å². The number of ketones is 1. The SMILES string of the molecule is C=CCCCOC1=C(C(=O)OC)C(c2ccc3c(c2)OCO3)Oc2ccc(OC(C)C)cc21.COC(=O)C1C(=O)c2cc(OC(C)C)ccc2OC1c1ccc2c(c1)OCO2. The summed E-state index contributed by atoms with van der Waals surface area (Å²) >= 11 is 0. The smallest absolute Gasteiger partial charge is 0.341 e. The standard InChI is InChI=1S/C26H28O7.C21H20O7/c1-5-6-7-12-29-25-19-14-18(32-16(2)3)9-11-20(19)33-24(23(25)26(27)28-4)17-8-10-21-22(13-17)31-15-30-21;1-11(2)27-13-5-7-15-14(9-13)19(22)18(21(23)24-3)20(28-15)12-4-6-16-17(8-12)26-10-25-16/h5,8-11,13-14,16,24H,1,6-7,12,15H2,2-4H3;4-9,11,18,20H,10H2,1-3H3. The molecule has 0 aromatic heterocycles. The summed E-state index contributed by atoms with van der Waals surface area (Å²) in [6.07, 6.45) is 1.76. The Balaban J connectivity index is 0.000000186. The Morgan fingerprint density at radius 1 is 0.705 bits per heavy atom. The van der Waals surface area contributed by atoms with Crippen molar-refractivity contribution in [1.82, 2.24) is 0 Å². The van der Waals surface area contributed by atoms with Gasteiger partial charge in [0, 0.05) is 5.56 Å². The summed E-state index contributed by atoms with van der Waals surface area (Å²) in [5.41, 5.74) is 2.57. The van der Waals surface area contributed by atoms with E-state index in [0.717, 1.165) is 18.4 Å². The molecule has 4 aromatic carbocycles. The van der Waals surface area contributed by atoms with Crippen LogP contribution < -0.4 is 37.9 Å². The molecule has 320 valence electrons. The van der Waals surface area contributed by atoms with E-state index in [-0.39, 0.29) is 37.2 Å². The minimum absolute atomic E-state index is 0.00467. The van der Waals surface area contributed by atoms with Gasteiger partial charge in [0.05, 0.1) is 44.2 Å². The normalized spacial score (nSPS) is 17.8. The van der Waals surface area contributed by atoms with E-state index in [1.165, 1.54) is 14.2 Å². The summed E-state index contributed by atoms with van der Waals surface area (Å²) in [6.45, 7) is 12.1. The predicted molar refractivity (Wildman–Crippen MR) is 220 cm³/mol. The van der Waals surface area contributed by atoms with Crippen molar-refractivity contribution >= 4 is 23.5 Å². The van der Waals surface area contributed by atoms with Crippen LogP contribution in [0.15, 0.2) is 91.0 Å². The van der Waals surface area contributed by atoms with Crippen molar-refractivity contribution in [2.45, 2.75) is 65.0 Å². The Morgan fingerprint density at radius 3 is 1.85 bits per heavy atom. The van der Waals surface area contributed by atoms with E-state index in [9.17, 15) is 14.4 Å². The van der Waals surface area contributed by atoms with Gasteiger partial charge < -0.3 is 52.1 Å². The maximum atomic E-state index is 13.2. The molecule has 4 aliphatic rings. The third-order valence-corrected chi connectivity index (χ3v) is 9.83. The molecule has 0 spiro atoms. The zero-order valence-corrected chi connectivity index (χ0v) is 34.9. The Labute approximate surface area is 353 Å². The lowest BCUT2D eigenvalue weighted by molar-refractivity contribution is -0.147. The van der Waals surface area contributed by atoms with Crippen molar-refractivity contribution < 1.29 is 66.5 Å². The van der Waals surface area contributed by atoms with Crippen molar-refractivity contribution in [3.63, 3.8) is 0 Å². The first-order valence-corrected chi connectivity index (χ1v) is 19.9. The van der Waals surface area contributed by atoms with Crippen LogP contribution in [-0.2, 0) is 23.8 Å². The van der Waals surface area contributed by atoms with Crippen LogP contribution in [0.1, 0.15) is 79.8 Å². The molecule has 0 saturated heterocycles. The number of carbonyl (C=O) groups is 3. The Kier molecular flexibility index (Phi) is 12.9. The number of ether oxygens (including phenoxy) is 11. The minimum atomic E-state index is -1.13. The average molecular weight is 837 g/mol. The van der Waals surface area contributed by atoms with Crippen LogP contribution in [0.2, 0.25) is 0 Å². The highest BCUT2D eigenvalue weighted by molar-refractivity contribution is 6.11. The maximum absolute atomic E-state index is 13.2. The minimum Gasteiger partial charge on any atom is -0.492 e. The van der Waals surface area contributed by atoms with Gasteiger partial charge in [-0.3, -0.25) is 9.59 Å². The highest BCUT2D eigenvalue weighted by atomic mass is 16.7. The number of hydrogen-bond donors (Lipinski definition) is 0. The number of Topliss-reactive ketones (excluding diaryl/α,β-unsaturated/α-hetero) is 1. The molecular formula is C47H48O14. The van der Waals surface area contributed by atoms with Crippen LogP contribution in [0.3, 0.4) is 0 Å². The molecule has 0 radical (unpaired) electrons. The van der Waals surface area contributed by atoms with Crippen LogP contribution >= 0.6 is 0 Å². The van der Waals surface area contributed by atoms with Crippen molar-refractivity contribution in [2.24, 2.45) is 5.92 Å². The molecule has 4 aliphatic heterocycles. The van der Waals surface area contributed by atoms with Gasteiger partial charge >= 0.3 is 11.9 Å². The van der Waals surface area contributed by atoms with Crippen molar-refractivity contribution in [3.8, 4) is 46.0 Å². The Bertz CT molecular complexity index is 2330. The molecule has 3 unspecified atom stereocenters. The van der Waals surface area contributed by atoms with Gasteiger partial charge in [-0.1, -0.05) is 18.2 Å². The van der Waals surface area contributed by atoms with Crippen LogP contribution in [0.5, 0.6) is 46.0 Å². The third-order valence-electron chi connectivity index (χ3n) is 9.83. The number of hydrogen-bond acceptors (Lipinski definition) is 14. The van der Waals surface area contributed by atoms with Gasteiger partial charge in [0.15, 0.2) is 40.8 Å². The molecule has 4 heterocycles. The van der Waals surface area contributed by atoms with Crippen molar-refractivity contribution in [2.75, 3.05) is 34.4 Å². The lowest BCUT2D eigenvalue weighted by Gasteiger charge is -2.31. The van der Waals surface area contributed by atoms with Crippen LogP contribution in [0.25, 0.3) is 5.76 Å². The first kappa shape index (κ1) is 42.3. The number of allylic oxidation sites excluding steroid dienone is 1. The van der Waals surface area contributed by atoms with Crippen molar-refractivity contribution in [3.05, 3.63) is 113 Å². The summed E-state index contributed by atoms with van der Waals surface area (Å²) in [7, 11) is 2.59. The summed E-state index contributed by atoms with van der Waals surface area (Å²) in [4.78, 5) is 38.6. The number of benzene rings is 4. The highest BCUT2D eigenvalue weighted by Gasteiger charge is 2.45. The summed E-state index contributed by atoms with van der Waals surface area (Å²) in [6, 6.07) is 21.2. The molecule has 14 nitrogen and oxygen atoms in total. The highest BCUT2D eigenvalue weighted by Crippen LogP contribution is 2.47. The molecule has 3 atom stereocenters. The number of methoxy groups -OCH3 is 2. The molecule has 0 N–H and O–H groups in total. The number of rotatable bonds is 13. The number of fused-ring (bicyclic) bond motifs is 4. The third kappa shape index (κ3) is 9.18. The number of carbonyl (C=O) groups excluding carboxylic acids is 3. The molecule has 0 bridgehead atoms. The summed E-state index contributed by atoms with van der Waals surface area (Å²) < 4.78 is 61.8. The summed E-state index contributed by atoms with van der Waals surface area (Å²) in [5.74, 6) is 2.30. The van der Waals surface area contributed by atoms with E-state index in [2.05, 4.69) is 6.58 Å². The second-order valence-corrected chi connectivity index (χ2v) is 14.8. The molecule has 8 rings (SSSR count). The molecule has 0 aliphatic carbocycles. The number of unbranched alkanes of at least 4 members (excludes halogenated alkanes) is 1. The van der Waals surface area contributed by atoms with E-state index in [1.54, 1.807) is 42.5 Å². The van der Waals surface area contributed by atoms with Crippen LogP contribution in [0, 0.1) is 5.92 Å². The second kappa shape index (κ2) is 18.6. The van der Waals surface area contributed by atoms with Gasteiger partial charge in [-0.25, -0.2) is 4.79 Å². The first-order chi connectivity index (χ1) is 29.5. The largest absolute Gasteiger partial charge is 0.492 e. The van der Waals surface area contributed by atoms with E-state index in [4.69, 9.17) is 52.1 Å². The fourth-order valence-corrected chi connectivity index (χ4v) is 7.13. The quantitative estimate of drug-likeness (QED) is 0.0547. The molecule has 0 saturated carbocycles. The molecule has 4 aromatic rings. The molecule has 0 fully saturated rings. The van der Waals surface area contributed by atoms with Crippen LogP contribution in [0.4, 0.5) is 0 Å². The monoisotopic (exact) mass is 836 g/mol. The second-order valence-electron chi connectivity index (χ2n) is 14.8. The van der Waals surface area contributed by atoms with E-state index in [1.807, 2.05) is 64.1 Å². The topological polar surface area (TPSA) is 153 Å². The first-order valence-electron chi connectivity index (χ1n) is 19.9. The maximum Gasteiger partial charge on any atom is 0.341 e. The lowest BCUT2D eigenvalue weighted by Crippen LogP contribution is -2.37. The van der Waals surface area contributed by atoms with Crippen LogP contribution in [-0.4, -0.2) is 64.3 Å². The number of esters is 2. The van der Waals surface area contributed by atoms with Gasteiger partial charge in [0.2, 0.25) is 13.6 Å². The summed E-state index contributed by atoms with van der Waals surface area (Å²) in [5, 5.41) is 0. The molecule has 14 heteroatoms. The van der Waals surface area contributed by atoms with Crippen molar-refractivity contribution in [1.29, 1.82) is 0 Å². The zero-order chi connectivity index (χ0) is 43.2. The predicted octanol–water partition coefficient (Wildman–Crippen LogP) is 8.51. The van der Waals surface area contributed by atoms with E-state index < -0.39 is 30.1 Å². The fourth-order valence-electron chi connectivity index (χ4n) is 7.13. The molecular weight excluding hydrogens is 789 g/mol. The zero-order valence-electron chi connectivity index (χ0n) is 34.9. The fraction of sp³-hybridized carbons (Fsp3) is 0.340. The van der Waals surface area contributed by atoms with Gasteiger partial charge in [0.25, 0.3) is 0 Å². The molecule has 0 amide bonds. The van der Waals surface area contributed by atoms with Gasteiger partial charge in [-0.05, 0) is 107 Å². The Hall–Kier alpha value is -6.83. The lowest BCUT2D eigenvalue weighted by atomic mass is 9.85. The van der Waals surface area contributed by atoms with E-state index in [0.29, 0.717) is 75.1 Å². The molecule has 61 heavy (non-hydrogen) atoms. The van der Waals surface area contributed by atoms with Gasteiger partial charge in [-0.2, -0.15) is 0 Å². The average Bonchev–Trinajstić information content (AvgIpc) is 3.94. The van der Waals surface area contributed by atoms with Gasteiger partial charge in [-0.15, -0.1) is 6.58 Å².